The fraction of sp³-hybridized carbons (Fsp3) is 0.250. The molecule has 2 rings (SSSR count). The summed E-state index contributed by atoms with van der Waals surface area (Å²) in [6, 6.07) is 9.66. The first kappa shape index (κ1) is 9.77. The van der Waals surface area contributed by atoms with Crippen LogP contribution < -0.4 is 0 Å². The van der Waals surface area contributed by atoms with Gasteiger partial charge in [-0.25, -0.2) is 4.79 Å². The molecule has 0 bridgehead atoms. The van der Waals surface area contributed by atoms with Crippen LogP contribution in [0.25, 0.3) is 0 Å². The lowest BCUT2D eigenvalue weighted by molar-refractivity contribution is -0.145. The van der Waals surface area contributed by atoms with Crippen LogP contribution in [0.3, 0.4) is 0 Å². The van der Waals surface area contributed by atoms with Gasteiger partial charge in [0.25, 0.3) is 0 Å². The Kier molecular flexibility index (Phi) is 2.72. The molecule has 78 valence electrons. The van der Waals surface area contributed by atoms with Crippen molar-refractivity contribution < 1.29 is 14.3 Å². The molecule has 3 nitrogen and oxygen atoms in total. The molecule has 3 heteroatoms. The zero-order chi connectivity index (χ0) is 10.7. The summed E-state index contributed by atoms with van der Waals surface area (Å²) in [5.41, 5.74) is 0.994. The number of hydrogen-bond acceptors (Lipinski definition) is 3. The van der Waals surface area contributed by atoms with Gasteiger partial charge in [0.2, 0.25) is 0 Å². The Hall–Kier alpha value is -1.77. The Morgan fingerprint density at radius 2 is 2.07 bits per heavy atom. The Morgan fingerprint density at radius 3 is 2.73 bits per heavy atom. The number of carbonyl (C=O) groups excluding carboxylic acids is 1. The molecule has 0 amide bonds. The van der Waals surface area contributed by atoms with E-state index in [0.29, 0.717) is 12.2 Å². The molecule has 1 aliphatic rings. The Labute approximate surface area is 88.3 Å². The molecule has 1 aliphatic heterocycles. The van der Waals surface area contributed by atoms with Crippen LogP contribution in [0.15, 0.2) is 42.2 Å². The predicted octanol–water partition coefficient (Wildman–Crippen LogP) is 2.20. The van der Waals surface area contributed by atoms with E-state index in [1.807, 2.05) is 30.3 Å². The average molecular weight is 204 g/mol. The van der Waals surface area contributed by atoms with Crippen molar-refractivity contribution in [1.82, 2.24) is 0 Å². The largest absolute Gasteiger partial charge is 0.501 e. The first-order chi connectivity index (χ1) is 7.29. The summed E-state index contributed by atoms with van der Waals surface area (Å²) in [5, 5.41) is 0. The molecule has 1 aromatic rings. The van der Waals surface area contributed by atoms with E-state index < -0.39 is 0 Å². The number of carbonyl (C=O) groups is 1. The van der Waals surface area contributed by atoms with Crippen molar-refractivity contribution in [3.8, 4) is 0 Å². The van der Waals surface area contributed by atoms with Gasteiger partial charge < -0.3 is 9.47 Å². The van der Waals surface area contributed by atoms with Crippen LogP contribution in [0.5, 0.6) is 0 Å². The standard InChI is InChI=1S/C12H12O3/c1-14-10-7-11(15-12(13)8-10)9-5-3-2-4-6-9/h2-6,8,11H,7H2,1H3/t11-/m0/s1. The normalized spacial score (nSPS) is 20.5. The van der Waals surface area contributed by atoms with E-state index in [9.17, 15) is 4.79 Å². The molecule has 0 radical (unpaired) electrons. The summed E-state index contributed by atoms with van der Waals surface area (Å²) in [6.45, 7) is 0. The van der Waals surface area contributed by atoms with Gasteiger partial charge in [0.05, 0.1) is 13.2 Å². The quantitative estimate of drug-likeness (QED) is 0.693. The molecule has 1 aromatic carbocycles. The minimum Gasteiger partial charge on any atom is -0.501 e. The molecule has 0 N–H and O–H groups in total. The van der Waals surface area contributed by atoms with E-state index in [2.05, 4.69) is 0 Å². The smallest absolute Gasteiger partial charge is 0.334 e. The van der Waals surface area contributed by atoms with Crippen molar-refractivity contribution in [2.45, 2.75) is 12.5 Å². The second-order valence-corrected chi connectivity index (χ2v) is 3.36. The number of cyclic esters (lactones) is 1. The second kappa shape index (κ2) is 4.17. The highest BCUT2D eigenvalue weighted by atomic mass is 16.5. The highest BCUT2D eigenvalue weighted by Crippen LogP contribution is 2.28. The van der Waals surface area contributed by atoms with E-state index in [0.717, 1.165) is 5.56 Å². The molecule has 0 aliphatic carbocycles. The minimum absolute atomic E-state index is 0.223. The second-order valence-electron chi connectivity index (χ2n) is 3.36. The van der Waals surface area contributed by atoms with Gasteiger partial charge in [-0.05, 0) is 5.56 Å². The number of methoxy groups -OCH3 is 1. The van der Waals surface area contributed by atoms with Crippen LogP contribution in [0.2, 0.25) is 0 Å². The van der Waals surface area contributed by atoms with Crippen LogP contribution in [0.4, 0.5) is 0 Å². The summed E-state index contributed by atoms with van der Waals surface area (Å²) < 4.78 is 10.3. The van der Waals surface area contributed by atoms with Crippen molar-refractivity contribution in [2.75, 3.05) is 7.11 Å². The summed E-state index contributed by atoms with van der Waals surface area (Å²) in [7, 11) is 1.56. The topological polar surface area (TPSA) is 35.5 Å². The first-order valence-corrected chi connectivity index (χ1v) is 4.79. The van der Waals surface area contributed by atoms with Gasteiger partial charge in [0.15, 0.2) is 0 Å². The molecule has 0 saturated heterocycles. The van der Waals surface area contributed by atoms with Crippen LogP contribution in [0, 0.1) is 0 Å². The zero-order valence-electron chi connectivity index (χ0n) is 8.47. The number of ether oxygens (including phenoxy) is 2. The van der Waals surface area contributed by atoms with Gasteiger partial charge in [-0.3, -0.25) is 0 Å². The number of hydrogen-bond donors (Lipinski definition) is 0. The van der Waals surface area contributed by atoms with E-state index in [-0.39, 0.29) is 12.1 Å². The van der Waals surface area contributed by atoms with Gasteiger partial charge in [0.1, 0.15) is 11.9 Å². The summed E-state index contributed by atoms with van der Waals surface area (Å²) in [5.74, 6) is 0.326. The van der Waals surface area contributed by atoms with Crippen molar-refractivity contribution in [3.63, 3.8) is 0 Å². The molecular formula is C12H12O3. The highest BCUT2D eigenvalue weighted by Gasteiger charge is 2.23. The summed E-state index contributed by atoms with van der Waals surface area (Å²) in [6.07, 6.45) is 1.77. The lowest BCUT2D eigenvalue weighted by atomic mass is 10.0. The summed E-state index contributed by atoms with van der Waals surface area (Å²) >= 11 is 0. The number of rotatable bonds is 2. The highest BCUT2D eigenvalue weighted by molar-refractivity contribution is 5.83. The average Bonchev–Trinajstić information content (AvgIpc) is 2.29. The molecule has 0 spiro atoms. The third-order valence-electron chi connectivity index (χ3n) is 2.36. The molecule has 0 unspecified atom stereocenters. The molecule has 15 heavy (non-hydrogen) atoms. The van der Waals surface area contributed by atoms with Crippen molar-refractivity contribution in [2.24, 2.45) is 0 Å². The van der Waals surface area contributed by atoms with Gasteiger partial charge in [0, 0.05) is 6.42 Å². The minimum atomic E-state index is -0.341. The lowest BCUT2D eigenvalue weighted by Crippen LogP contribution is -2.16. The Bertz CT molecular complexity index is 381. The van der Waals surface area contributed by atoms with Crippen molar-refractivity contribution in [1.29, 1.82) is 0 Å². The molecule has 0 aromatic heterocycles. The maximum atomic E-state index is 11.2. The van der Waals surface area contributed by atoms with Gasteiger partial charge in [-0.15, -0.1) is 0 Å². The SMILES string of the molecule is COC1=CC(=O)O[C@H](c2ccccc2)C1. The van der Waals surface area contributed by atoms with Crippen molar-refractivity contribution in [3.05, 3.63) is 47.7 Å². The fourth-order valence-corrected chi connectivity index (χ4v) is 1.58. The van der Waals surface area contributed by atoms with E-state index >= 15 is 0 Å². The van der Waals surface area contributed by atoms with E-state index in [1.165, 1.54) is 6.08 Å². The van der Waals surface area contributed by atoms with E-state index in [4.69, 9.17) is 9.47 Å². The van der Waals surface area contributed by atoms with Crippen LogP contribution in [0.1, 0.15) is 18.1 Å². The molecule has 1 heterocycles. The predicted molar refractivity (Wildman–Crippen MR) is 55.0 cm³/mol. The zero-order valence-corrected chi connectivity index (χ0v) is 8.47. The first-order valence-electron chi connectivity index (χ1n) is 4.79. The third kappa shape index (κ3) is 2.18. The van der Waals surface area contributed by atoms with Gasteiger partial charge in [-0.2, -0.15) is 0 Å². The molecule has 1 atom stereocenters. The molecule has 0 fully saturated rings. The number of benzene rings is 1. The van der Waals surface area contributed by atoms with Gasteiger partial charge >= 0.3 is 5.97 Å². The molecule has 0 saturated carbocycles. The Balaban J connectivity index is 2.20. The summed E-state index contributed by atoms with van der Waals surface area (Å²) in [4.78, 5) is 11.2. The maximum absolute atomic E-state index is 11.2. The van der Waals surface area contributed by atoms with Crippen LogP contribution >= 0.6 is 0 Å². The van der Waals surface area contributed by atoms with E-state index in [1.54, 1.807) is 7.11 Å². The third-order valence-corrected chi connectivity index (χ3v) is 2.36. The molecular weight excluding hydrogens is 192 g/mol. The lowest BCUT2D eigenvalue weighted by Gasteiger charge is -2.22. The fourth-order valence-electron chi connectivity index (χ4n) is 1.58. The van der Waals surface area contributed by atoms with Crippen molar-refractivity contribution >= 4 is 5.97 Å². The maximum Gasteiger partial charge on any atom is 0.334 e. The van der Waals surface area contributed by atoms with Gasteiger partial charge in [-0.1, -0.05) is 30.3 Å². The number of esters is 1. The van der Waals surface area contributed by atoms with Crippen LogP contribution in [-0.2, 0) is 14.3 Å². The monoisotopic (exact) mass is 204 g/mol. The van der Waals surface area contributed by atoms with Crippen LogP contribution in [-0.4, -0.2) is 13.1 Å². The Morgan fingerprint density at radius 1 is 1.33 bits per heavy atom.